The molecule has 0 saturated carbocycles. The minimum atomic E-state index is 0.549. The summed E-state index contributed by atoms with van der Waals surface area (Å²) in [5, 5.41) is 10.0. The average Bonchev–Trinajstić information content (AvgIpc) is 3.72. The number of fused-ring (bicyclic) bond motifs is 14. The standard InChI is InChI=1S/C44H24N2O2/c1-2-12-29-25(9-1)19-21-36-35-18-8-17-30(43(35)48-42(29)36)28-11-7-10-26(23-28)27-20-22-38-37(24-27)41-44(47-38)46-40-34-16-6-4-14-32(34)31-13-3-5-15-33(31)39(40)45-41/h1-24H. The van der Waals surface area contributed by atoms with E-state index in [1.807, 2.05) is 6.07 Å². The molecular weight excluding hydrogens is 588 g/mol. The Morgan fingerprint density at radius 1 is 0.354 bits per heavy atom. The zero-order valence-corrected chi connectivity index (χ0v) is 25.6. The highest BCUT2D eigenvalue weighted by Crippen LogP contribution is 2.41. The van der Waals surface area contributed by atoms with Gasteiger partial charge in [0.05, 0.1) is 5.52 Å². The molecule has 11 aromatic rings. The fourth-order valence-corrected chi connectivity index (χ4v) is 7.60. The number of aromatic nitrogens is 2. The molecule has 222 valence electrons. The summed E-state index contributed by atoms with van der Waals surface area (Å²) in [7, 11) is 0. The average molecular weight is 613 g/mol. The molecule has 0 amide bonds. The van der Waals surface area contributed by atoms with Gasteiger partial charge in [0, 0.05) is 37.9 Å². The van der Waals surface area contributed by atoms with Crippen LogP contribution in [-0.2, 0) is 0 Å². The van der Waals surface area contributed by atoms with Crippen LogP contribution in [0.4, 0.5) is 0 Å². The van der Waals surface area contributed by atoms with Crippen molar-refractivity contribution < 1.29 is 8.83 Å². The third kappa shape index (κ3) is 3.54. The van der Waals surface area contributed by atoms with E-state index >= 15 is 0 Å². The van der Waals surface area contributed by atoms with Crippen LogP contribution in [0.3, 0.4) is 0 Å². The summed E-state index contributed by atoms with van der Waals surface area (Å²) in [6.45, 7) is 0. The third-order valence-corrected chi connectivity index (χ3v) is 9.86. The Morgan fingerprint density at radius 2 is 1.00 bits per heavy atom. The molecule has 4 heteroatoms. The highest BCUT2D eigenvalue weighted by Gasteiger charge is 2.18. The second-order valence-corrected chi connectivity index (χ2v) is 12.5. The van der Waals surface area contributed by atoms with Gasteiger partial charge in [0.2, 0.25) is 5.71 Å². The minimum Gasteiger partial charge on any atom is -0.455 e. The van der Waals surface area contributed by atoms with Crippen LogP contribution in [0.2, 0.25) is 0 Å². The molecule has 4 nitrogen and oxygen atoms in total. The number of hydrogen-bond acceptors (Lipinski definition) is 4. The molecule has 0 aliphatic heterocycles. The van der Waals surface area contributed by atoms with Gasteiger partial charge in [-0.15, -0.1) is 0 Å². The van der Waals surface area contributed by atoms with Crippen molar-refractivity contribution in [2.75, 3.05) is 0 Å². The molecule has 48 heavy (non-hydrogen) atoms. The van der Waals surface area contributed by atoms with E-state index in [1.165, 1.54) is 16.2 Å². The summed E-state index contributed by atoms with van der Waals surface area (Å²) in [6.07, 6.45) is 0. The molecule has 0 atom stereocenters. The first-order valence-electron chi connectivity index (χ1n) is 16.2. The maximum absolute atomic E-state index is 6.66. The van der Waals surface area contributed by atoms with Crippen LogP contribution in [-0.4, -0.2) is 9.97 Å². The fourth-order valence-electron chi connectivity index (χ4n) is 7.60. The van der Waals surface area contributed by atoms with Gasteiger partial charge in [-0.3, -0.25) is 0 Å². The Kier molecular flexibility index (Phi) is 5.08. The van der Waals surface area contributed by atoms with Gasteiger partial charge in [0.1, 0.15) is 27.8 Å². The molecule has 0 aliphatic rings. The van der Waals surface area contributed by atoms with Crippen LogP contribution < -0.4 is 0 Å². The molecule has 0 unspecified atom stereocenters. The predicted octanol–water partition coefficient (Wildman–Crippen LogP) is 12.2. The highest BCUT2D eigenvalue weighted by atomic mass is 16.3. The molecule has 0 saturated heterocycles. The van der Waals surface area contributed by atoms with Gasteiger partial charge < -0.3 is 8.83 Å². The zero-order chi connectivity index (χ0) is 31.3. The maximum atomic E-state index is 6.66. The third-order valence-electron chi connectivity index (χ3n) is 9.86. The molecule has 0 radical (unpaired) electrons. The molecule has 0 fully saturated rings. The lowest BCUT2D eigenvalue weighted by atomic mass is 9.97. The summed E-state index contributed by atoms with van der Waals surface area (Å²) in [4.78, 5) is 10.3. The van der Waals surface area contributed by atoms with Crippen LogP contribution in [0, 0.1) is 0 Å². The van der Waals surface area contributed by atoms with Crippen LogP contribution in [0.1, 0.15) is 0 Å². The molecule has 0 spiro atoms. The monoisotopic (exact) mass is 612 g/mol. The summed E-state index contributed by atoms with van der Waals surface area (Å²) in [6, 6.07) is 51.0. The van der Waals surface area contributed by atoms with Crippen molar-refractivity contribution in [3.05, 3.63) is 146 Å². The Hall–Kier alpha value is -6.52. The van der Waals surface area contributed by atoms with E-state index in [4.69, 9.17) is 18.8 Å². The fraction of sp³-hybridized carbons (Fsp3) is 0. The van der Waals surface area contributed by atoms with Gasteiger partial charge in [0.25, 0.3) is 0 Å². The van der Waals surface area contributed by atoms with E-state index in [0.29, 0.717) is 5.71 Å². The molecule has 3 heterocycles. The number of furan rings is 2. The number of para-hydroxylation sites is 1. The van der Waals surface area contributed by atoms with Crippen molar-refractivity contribution in [2.24, 2.45) is 0 Å². The Morgan fingerprint density at radius 3 is 1.83 bits per heavy atom. The quantitative estimate of drug-likeness (QED) is 0.182. The first kappa shape index (κ1) is 25.6. The molecular formula is C44H24N2O2. The second kappa shape index (κ2) is 9.50. The van der Waals surface area contributed by atoms with E-state index in [1.54, 1.807) is 0 Å². The molecule has 0 aliphatic carbocycles. The molecule has 8 aromatic carbocycles. The molecule has 0 bridgehead atoms. The zero-order valence-electron chi connectivity index (χ0n) is 25.6. The Labute approximate surface area is 273 Å². The van der Waals surface area contributed by atoms with Gasteiger partial charge in [0.15, 0.2) is 0 Å². The van der Waals surface area contributed by atoms with Gasteiger partial charge in [-0.05, 0) is 57.1 Å². The summed E-state index contributed by atoms with van der Waals surface area (Å²) in [5.74, 6) is 0. The van der Waals surface area contributed by atoms with Gasteiger partial charge in [-0.25, -0.2) is 9.97 Å². The Bertz CT molecular complexity index is 3130. The predicted molar refractivity (Wildman–Crippen MR) is 197 cm³/mol. The summed E-state index contributed by atoms with van der Waals surface area (Å²) < 4.78 is 13.0. The first-order chi connectivity index (χ1) is 23.8. The largest absolute Gasteiger partial charge is 0.455 e. The molecule has 3 aromatic heterocycles. The normalized spacial score (nSPS) is 12.2. The van der Waals surface area contributed by atoms with E-state index in [0.717, 1.165) is 87.9 Å². The minimum absolute atomic E-state index is 0.549. The number of nitrogens with zero attached hydrogens (tertiary/aromatic N) is 2. The maximum Gasteiger partial charge on any atom is 0.246 e. The van der Waals surface area contributed by atoms with Gasteiger partial charge in [-0.1, -0.05) is 121 Å². The highest BCUT2D eigenvalue weighted by molar-refractivity contribution is 6.24. The first-order valence-corrected chi connectivity index (χ1v) is 16.2. The Balaban J connectivity index is 1.09. The van der Waals surface area contributed by atoms with E-state index in [-0.39, 0.29) is 0 Å². The van der Waals surface area contributed by atoms with Crippen LogP contribution in [0.5, 0.6) is 0 Å². The van der Waals surface area contributed by atoms with Crippen molar-refractivity contribution in [1.29, 1.82) is 0 Å². The van der Waals surface area contributed by atoms with Gasteiger partial charge >= 0.3 is 0 Å². The summed E-state index contributed by atoms with van der Waals surface area (Å²) >= 11 is 0. The van der Waals surface area contributed by atoms with Gasteiger partial charge in [-0.2, -0.15) is 0 Å². The van der Waals surface area contributed by atoms with Crippen molar-refractivity contribution in [1.82, 2.24) is 9.97 Å². The van der Waals surface area contributed by atoms with Crippen molar-refractivity contribution in [2.45, 2.75) is 0 Å². The van der Waals surface area contributed by atoms with E-state index in [9.17, 15) is 0 Å². The lowest BCUT2D eigenvalue weighted by Crippen LogP contribution is -1.89. The lowest BCUT2D eigenvalue weighted by molar-refractivity contribution is 0.655. The topological polar surface area (TPSA) is 52.1 Å². The lowest BCUT2D eigenvalue weighted by Gasteiger charge is -2.08. The van der Waals surface area contributed by atoms with Crippen LogP contribution >= 0.6 is 0 Å². The van der Waals surface area contributed by atoms with Crippen molar-refractivity contribution >= 4 is 87.5 Å². The number of hydrogen-bond donors (Lipinski definition) is 0. The smallest absolute Gasteiger partial charge is 0.246 e. The second-order valence-electron chi connectivity index (χ2n) is 12.5. The molecule has 11 rings (SSSR count). The van der Waals surface area contributed by atoms with Crippen LogP contribution in [0.25, 0.3) is 110 Å². The molecule has 0 N–H and O–H groups in total. The van der Waals surface area contributed by atoms with E-state index < -0.39 is 0 Å². The van der Waals surface area contributed by atoms with Crippen LogP contribution in [0.15, 0.2) is 154 Å². The van der Waals surface area contributed by atoms with E-state index in [2.05, 4.69) is 140 Å². The van der Waals surface area contributed by atoms with Crippen molar-refractivity contribution in [3.63, 3.8) is 0 Å². The summed E-state index contributed by atoms with van der Waals surface area (Å²) in [5.41, 5.74) is 10.0. The number of benzene rings is 8. The number of rotatable bonds is 2. The SMILES string of the molecule is c1cc(-c2ccc3oc4nc5c6ccccc6c6ccccc6c5nc4c3c2)cc(-c2cccc3c2oc2c4ccccc4ccc32)c1. The van der Waals surface area contributed by atoms with Crippen molar-refractivity contribution in [3.8, 4) is 22.3 Å².